The lowest BCUT2D eigenvalue weighted by Gasteiger charge is -2.18. The Kier molecular flexibility index (Phi) is 3.72. The normalized spacial score (nSPS) is 12.5. The fraction of sp³-hybridized carbons (Fsp3) is 0.500. The van der Waals surface area contributed by atoms with Crippen LogP contribution in [0.4, 0.5) is 5.82 Å². The zero-order valence-electron chi connectivity index (χ0n) is 10.1. The summed E-state index contributed by atoms with van der Waals surface area (Å²) >= 11 is 0. The maximum absolute atomic E-state index is 11.9. The summed E-state index contributed by atoms with van der Waals surface area (Å²) in [6, 6.07) is -0.726. The van der Waals surface area contributed by atoms with Gasteiger partial charge in [0.05, 0.1) is 0 Å². The van der Waals surface area contributed by atoms with Crippen molar-refractivity contribution in [1.82, 2.24) is 15.5 Å². The number of rotatable bonds is 4. The van der Waals surface area contributed by atoms with Crippen LogP contribution in [0.15, 0.2) is 0 Å². The summed E-state index contributed by atoms with van der Waals surface area (Å²) in [6.45, 7) is 5.26. The Balaban J connectivity index is 2.89. The van der Waals surface area contributed by atoms with Crippen LogP contribution in [-0.2, 0) is 4.79 Å². The van der Waals surface area contributed by atoms with Crippen LogP contribution in [0, 0.1) is 12.8 Å². The molecule has 0 fully saturated rings. The molecule has 0 radical (unpaired) electrons. The van der Waals surface area contributed by atoms with Crippen molar-refractivity contribution in [2.24, 2.45) is 11.7 Å². The van der Waals surface area contributed by atoms with E-state index >= 15 is 0 Å². The Bertz CT molecular complexity index is 418. The van der Waals surface area contributed by atoms with Crippen LogP contribution in [0.1, 0.15) is 29.9 Å². The molecule has 1 aromatic heterocycles. The topological polar surface area (TPSA) is 127 Å². The van der Waals surface area contributed by atoms with Crippen molar-refractivity contribution in [2.45, 2.75) is 26.8 Å². The number of aromatic nitrogens is 2. The lowest BCUT2D eigenvalue weighted by Crippen LogP contribution is -2.47. The summed E-state index contributed by atoms with van der Waals surface area (Å²) < 4.78 is 0. The number of aryl methyl sites for hydroxylation is 1. The molecule has 17 heavy (non-hydrogen) atoms. The molecule has 0 spiro atoms. The number of anilines is 1. The molecule has 0 aromatic carbocycles. The van der Waals surface area contributed by atoms with E-state index in [1.54, 1.807) is 20.8 Å². The van der Waals surface area contributed by atoms with E-state index in [9.17, 15) is 9.59 Å². The predicted octanol–water partition coefficient (Wildman–Crippen LogP) is -0.460. The number of nitrogens with one attached hydrogen (secondary N) is 2. The average molecular weight is 239 g/mol. The second-order valence-corrected chi connectivity index (χ2v) is 4.21. The molecular weight excluding hydrogens is 222 g/mol. The van der Waals surface area contributed by atoms with E-state index in [-0.39, 0.29) is 17.3 Å². The first-order valence-corrected chi connectivity index (χ1v) is 5.25. The molecule has 6 N–H and O–H groups in total. The van der Waals surface area contributed by atoms with Gasteiger partial charge in [-0.2, -0.15) is 5.10 Å². The molecule has 1 aromatic rings. The zero-order valence-corrected chi connectivity index (χ0v) is 10.1. The van der Waals surface area contributed by atoms with Crippen LogP contribution in [0.25, 0.3) is 0 Å². The number of hydrogen-bond acceptors (Lipinski definition) is 4. The van der Waals surface area contributed by atoms with E-state index in [0.29, 0.717) is 5.69 Å². The Morgan fingerprint density at radius 2 is 2.00 bits per heavy atom. The molecule has 1 rings (SSSR count). The molecule has 7 heteroatoms. The molecule has 2 amide bonds. The second kappa shape index (κ2) is 4.86. The predicted molar refractivity (Wildman–Crippen MR) is 63.0 cm³/mol. The molecule has 94 valence electrons. The minimum atomic E-state index is -0.726. The summed E-state index contributed by atoms with van der Waals surface area (Å²) in [6.07, 6.45) is 0. The number of carbonyl (C=O) groups excluding carboxylic acids is 2. The van der Waals surface area contributed by atoms with E-state index in [0.717, 1.165) is 0 Å². The van der Waals surface area contributed by atoms with Gasteiger partial charge in [-0.1, -0.05) is 13.8 Å². The SMILES string of the molecule is Cc1[nH]nc(N)c1C(=O)NC(C(N)=O)C(C)C. The number of aromatic amines is 1. The van der Waals surface area contributed by atoms with Crippen LogP contribution >= 0.6 is 0 Å². The molecule has 0 aliphatic rings. The minimum Gasteiger partial charge on any atom is -0.382 e. The maximum atomic E-state index is 11.9. The summed E-state index contributed by atoms with van der Waals surface area (Å²) in [4.78, 5) is 23.1. The lowest BCUT2D eigenvalue weighted by molar-refractivity contribution is -0.120. The van der Waals surface area contributed by atoms with Gasteiger partial charge in [0, 0.05) is 5.69 Å². The molecule has 1 atom stereocenters. The highest BCUT2D eigenvalue weighted by atomic mass is 16.2. The molecule has 0 bridgehead atoms. The Labute approximate surface area is 98.9 Å². The number of nitrogens with zero attached hydrogens (tertiary/aromatic N) is 1. The average Bonchev–Trinajstić information content (AvgIpc) is 2.53. The van der Waals surface area contributed by atoms with Crippen molar-refractivity contribution >= 4 is 17.6 Å². The first kappa shape index (κ1) is 13.0. The number of H-pyrrole nitrogens is 1. The summed E-state index contributed by atoms with van der Waals surface area (Å²) in [7, 11) is 0. The van der Waals surface area contributed by atoms with E-state index in [1.165, 1.54) is 0 Å². The highest BCUT2D eigenvalue weighted by molar-refractivity contribution is 6.01. The highest BCUT2D eigenvalue weighted by Gasteiger charge is 2.24. The van der Waals surface area contributed by atoms with Gasteiger partial charge in [-0.05, 0) is 12.8 Å². The Hall–Kier alpha value is -2.05. The van der Waals surface area contributed by atoms with Gasteiger partial charge in [0.15, 0.2) is 5.82 Å². The fourth-order valence-corrected chi connectivity index (χ4v) is 1.51. The maximum Gasteiger partial charge on any atom is 0.257 e. The molecule has 1 unspecified atom stereocenters. The third-order valence-electron chi connectivity index (χ3n) is 2.46. The van der Waals surface area contributed by atoms with Gasteiger partial charge in [0.2, 0.25) is 5.91 Å². The van der Waals surface area contributed by atoms with Gasteiger partial charge < -0.3 is 16.8 Å². The fourth-order valence-electron chi connectivity index (χ4n) is 1.51. The van der Waals surface area contributed by atoms with Crippen molar-refractivity contribution in [3.05, 3.63) is 11.3 Å². The lowest BCUT2D eigenvalue weighted by atomic mass is 10.0. The monoisotopic (exact) mass is 239 g/mol. The molecule has 0 saturated carbocycles. The third-order valence-corrected chi connectivity index (χ3v) is 2.46. The first-order valence-electron chi connectivity index (χ1n) is 5.25. The van der Waals surface area contributed by atoms with E-state index in [4.69, 9.17) is 11.5 Å². The zero-order chi connectivity index (χ0) is 13.2. The van der Waals surface area contributed by atoms with Crippen LogP contribution in [0.2, 0.25) is 0 Å². The van der Waals surface area contributed by atoms with E-state index in [2.05, 4.69) is 15.5 Å². The number of nitrogen functional groups attached to an aromatic ring is 1. The Morgan fingerprint density at radius 1 is 1.41 bits per heavy atom. The van der Waals surface area contributed by atoms with Crippen molar-refractivity contribution in [3.63, 3.8) is 0 Å². The standard InChI is InChI=1S/C10H17N5O2/c1-4(2)7(9(12)16)13-10(17)6-5(3)14-15-8(6)11/h4,7H,1-3H3,(H2,12,16)(H,13,17)(H3,11,14,15). The van der Waals surface area contributed by atoms with E-state index in [1.807, 2.05) is 0 Å². The minimum absolute atomic E-state index is 0.0927. The number of hydrogen-bond donors (Lipinski definition) is 4. The summed E-state index contributed by atoms with van der Waals surface area (Å²) in [5.74, 6) is -1.02. The second-order valence-electron chi connectivity index (χ2n) is 4.21. The summed E-state index contributed by atoms with van der Waals surface area (Å²) in [5.41, 5.74) is 11.6. The Morgan fingerprint density at radius 3 is 2.35 bits per heavy atom. The molecule has 0 aliphatic heterocycles. The number of carbonyl (C=O) groups is 2. The number of nitrogens with two attached hydrogens (primary N) is 2. The van der Waals surface area contributed by atoms with Gasteiger partial charge >= 0.3 is 0 Å². The molecule has 1 heterocycles. The highest BCUT2D eigenvalue weighted by Crippen LogP contribution is 2.13. The van der Waals surface area contributed by atoms with Crippen LogP contribution in [-0.4, -0.2) is 28.1 Å². The van der Waals surface area contributed by atoms with Crippen molar-refractivity contribution < 1.29 is 9.59 Å². The smallest absolute Gasteiger partial charge is 0.257 e. The number of amides is 2. The summed E-state index contributed by atoms with van der Waals surface area (Å²) in [5, 5.41) is 8.85. The largest absolute Gasteiger partial charge is 0.382 e. The van der Waals surface area contributed by atoms with Crippen LogP contribution in [0.5, 0.6) is 0 Å². The van der Waals surface area contributed by atoms with Crippen LogP contribution in [0.3, 0.4) is 0 Å². The van der Waals surface area contributed by atoms with Crippen molar-refractivity contribution in [2.75, 3.05) is 5.73 Å². The third kappa shape index (κ3) is 2.74. The molecular formula is C10H17N5O2. The van der Waals surface area contributed by atoms with Gasteiger partial charge in [0.1, 0.15) is 11.6 Å². The molecule has 7 nitrogen and oxygen atoms in total. The molecule has 0 aliphatic carbocycles. The van der Waals surface area contributed by atoms with Gasteiger partial charge in [-0.25, -0.2) is 0 Å². The van der Waals surface area contributed by atoms with E-state index < -0.39 is 17.9 Å². The quantitative estimate of drug-likeness (QED) is 0.567. The van der Waals surface area contributed by atoms with Crippen molar-refractivity contribution in [3.8, 4) is 0 Å². The van der Waals surface area contributed by atoms with Crippen LogP contribution < -0.4 is 16.8 Å². The first-order chi connectivity index (χ1) is 7.84. The van der Waals surface area contributed by atoms with Crippen molar-refractivity contribution in [1.29, 1.82) is 0 Å². The molecule has 0 saturated heterocycles. The van der Waals surface area contributed by atoms with Gasteiger partial charge in [0.25, 0.3) is 5.91 Å². The van der Waals surface area contributed by atoms with Gasteiger partial charge in [-0.15, -0.1) is 0 Å². The van der Waals surface area contributed by atoms with Gasteiger partial charge in [-0.3, -0.25) is 14.7 Å². The number of primary amides is 1.